The molecule has 1 aliphatic heterocycles. The molecule has 9 heteroatoms. The zero-order valence-electron chi connectivity index (χ0n) is 17.0. The minimum absolute atomic E-state index is 0.115. The van der Waals surface area contributed by atoms with E-state index >= 15 is 0 Å². The van der Waals surface area contributed by atoms with Gasteiger partial charge < -0.3 is 14.8 Å². The summed E-state index contributed by atoms with van der Waals surface area (Å²) in [6.45, 7) is -0.0478. The van der Waals surface area contributed by atoms with E-state index in [-0.39, 0.29) is 18.0 Å². The smallest absolute Gasteiger partial charge is 0.264 e. The lowest BCUT2D eigenvalue weighted by Gasteiger charge is -2.27. The van der Waals surface area contributed by atoms with Crippen molar-refractivity contribution in [2.75, 3.05) is 24.0 Å². The average Bonchev–Trinajstić information content (AvgIpc) is 2.82. The van der Waals surface area contributed by atoms with E-state index in [9.17, 15) is 17.6 Å². The number of para-hydroxylation sites is 3. The quantitative estimate of drug-likeness (QED) is 0.591. The molecule has 0 radical (unpaired) electrons. The first-order valence-corrected chi connectivity index (χ1v) is 11.4. The van der Waals surface area contributed by atoms with Crippen LogP contribution in [0.2, 0.25) is 0 Å². The molecule has 1 aliphatic rings. The highest BCUT2D eigenvalue weighted by Crippen LogP contribution is 2.30. The summed E-state index contributed by atoms with van der Waals surface area (Å²) >= 11 is 0. The lowest BCUT2D eigenvalue weighted by Crippen LogP contribution is -2.45. The number of fused-ring (bicyclic) bond motifs is 1. The van der Waals surface area contributed by atoms with Gasteiger partial charge in [-0.25, -0.2) is 12.8 Å². The zero-order chi connectivity index (χ0) is 22.6. The standard InChI is InChI=1S/C23H21FN2O5S/c24-17-10-12-20(13-11-17)32(28,29)26(18-6-2-1-3-7-18)15-23(27)25-14-19-16-30-21-8-4-5-9-22(21)31-19/h1-13,19H,14-16H2,(H,25,27)/t19-/m0/s1. The van der Waals surface area contributed by atoms with Crippen molar-refractivity contribution in [3.8, 4) is 11.5 Å². The van der Waals surface area contributed by atoms with Crippen molar-refractivity contribution in [1.29, 1.82) is 0 Å². The van der Waals surface area contributed by atoms with Gasteiger partial charge in [-0.05, 0) is 48.5 Å². The summed E-state index contributed by atoms with van der Waals surface area (Å²) < 4.78 is 52.1. The number of nitrogens with one attached hydrogen (secondary N) is 1. The largest absolute Gasteiger partial charge is 0.486 e. The highest BCUT2D eigenvalue weighted by atomic mass is 32.2. The number of hydrogen-bond donors (Lipinski definition) is 1. The number of anilines is 1. The highest BCUT2D eigenvalue weighted by Gasteiger charge is 2.28. The predicted molar refractivity (Wildman–Crippen MR) is 117 cm³/mol. The van der Waals surface area contributed by atoms with Crippen molar-refractivity contribution in [3.05, 3.63) is 84.7 Å². The molecular weight excluding hydrogens is 435 g/mol. The molecule has 3 aromatic carbocycles. The first-order valence-electron chi connectivity index (χ1n) is 9.92. The van der Waals surface area contributed by atoms with Crippen LogP contribution < -0.4 is 19.1 Å². The van der Waals surface area contributed by atoms with Crippen molar-refractivity contribution in [2.24, 2.45) is 0 Å². The molecule has 1 heterocycles. The van der Waals surface area contributed by atoms with Crippen LogP contribution in [0.4, 0.5) is 10.1 Å². The Hall–Kier alpha value is -3.59. The molecule has 4 rings (SSSR count). The van der Waals surface area contributed by atoms with E-state index in [1.54, 1.807) is 42.5 Å². The van der Waals surface area contributed by atoms with Crippen LogP contribution in [0.5, 0.6) is 11.5 Å². The number of amides is 1. The van der Waals surface area contributed by atoms with E-state index in [2.05, 4.69) is 5.32 Å². The van der Waals surface area contributed by atoms with Gasteiger partial charge in [-0.15, -0.1) is 0 Å². The molecule has 0 saturated carbocycles. The summed E-state index contributed by atoms with van der Waals surface area (Å²) in [6.07, 6.45) is -0.410. The van der Waals surface area contributed by atoms with Crippen LogP contribution in [-0.4, -0.2) is 40.1 Å². The lowest BCUT2D eigenvalue weighted by atomic mass is 10.2. The molecule has 0 fully saturated rings. The fraction of sp³-hybridized carbons (Fsp3) is 0.174. The van der Waals surface area contributed by atoms with Crippen LogP contribution >= 0.6 is 0 Å². The summed E-state index contributed by atoms with van der Waals surface area (Å²) in [5.41, 5.74) is 0.318. The molecule has 7 nitrogen and oxygen atoms in total. The number of rotatable bonds is 7. The number of benzene rings is 3. The molecule has 32 heavy (non-hydrogen) atoms. The molecule has 166 valence electrons. The Morgan fingerprint density at radius 3 is 2.34 bits per heavy atom. The fourth-order valence-electron chi connectivity index (χ4n) is 3.22. The van der Waals surface area contributed by atoms with E-state index in [4.69, 9.17) is 9.47 Å². The molecular formula is C23H21FN2O5S. The van der Waals surface area contributed by atoms with Crippen LogP contribution in [0.15, 0.2) is 83.8 Å². The Labute approximate surface area is 185 Å². The van der Waals surface area contributed by atoms with Crippen molar-refractivity contribution in [3.63, 3.8) is 0 Å². The topological polar surface area (TPSA) is 84.9 Å². The molecule has 0 bridgehead atoms. The molecule has 0 saturated heterocycles. The van der Waals surface area contributed by atoms with Crippen molar-refractivity contribution in [1.82, 2.24) is 5.32 Å². The highest BCUT2D eigenvalue weighted by molar-refractivity contribution is 7.92. The summed E-state index contributed by atoms with van der Waals surface area (Å²) in [4.78, 5) is 12.6. The number of nitrogens with zero attached hydrogens (tertiary/aromatic N) is 1. The van der Waals surface area contributed by atoms with Crippen molar-refractivity contribution >= 4 is 21.6 Å². The maximum atomic E-state index is 13.3. The summed E-state index contributed by atoms with van der Waals surface area (Å²) in [6, 6.07) is 20.0. The Bertz CT molecular complexity index is 1190. The number of sulfonamides is 1. The van der Waals surface area contributed by atoms with Gasteiger partial charge in [0.1, 0.15) is 25.1 Å². The van der Waals surface area contributed by atoms with E-state index in [0.717, 1.165) is 16.4 Å². The van der Waals surface area contributed by atoms with E-state index < -0.39 is 34.4 Å². The number of hydrogen-bond acceptors (Lipinski definition) is 5. The molecule has 1 atom stereocenters. The molecule has 1 N–H and O–H groups in total. The Kier molecular flexibility index (Phi) is 6.27. The first-order chi connectivity index (χ1) is 15.4. The maximum absolute atomic E-state index is 13.3. The third-order valence-electron chi connectivity index (χ3n) is 4.83. The number of halogens is 1. The monoisotopic (exact) mass is 456 g/mol. The maximum Gasteiger partial charge on any atom is 0.264 e. The van der Waals surface area contributed by atoms with E-state index in [1.165, 1.54) is 12.1 Å². The van der Waals surface area contributed by atoms with E-state index in [0.29, 0.717) is 17.2 Å². The number of carbonyl (C=O) groups excluding carboxylic acids is 1. The zero-order valence-corrected chi connectivity index (χ0v) is 17.8. The third-order valence-corrected chi connectivity index (χ3v) is 6.62. The summed E-state index contributed by atoms with van der Waals surface area (Å²) in [5.74, 6) is 0.157. The van der Waals surface area contributed by atoms with Gasteiger partial charge in [0.05, 0.1) is 17.1 Å². The van der Waals surface area contributed by atoms with Gasteiger partial charge in [-0.3, -0.25) is 9.10 Å². The van der Waals surface area contributed by atoms with Gasteiger partial charge in [0.15, 0.2) is 11.5 Å². The minimum atomic E-state index is -4.10. The number of ether oxygens (including phenoxy) is 2. The van der Waals surface area contributed by atoms with Gasteiger partial charge >= 0.3 is 0 Å². The van der Waals surface area contributed by atoms with Crippen LogP contribution in [0.25, 0.3) is 0 Å². The van der Waals surface area contributed by atoms with Gasteiger partial charge in [0, 0.05) is 0 Å². The molecule has 0 aromatic heterocycles. The lowest BCUT2D eigenvalue weighted by molar-refractivity contribution is -0.120. The minimum Gasteiger partial charge on any atom is -0.486 e. The van der Waals surface area contributed by atoms with E-state index in [1.807, 2.05) is 12.1 Å². The van der Waals surface area contributed by atoms with Gasteiger partial charge in [-0.1, -0.05) is 30.3 Å². The first kappa shape index (κ1) is 21.6. The SMILES string of the molecule is O=C(CN(c1ccccc1)S(=O)(=O)c1ccc(F)cc1)NC[C@H]1COc2ccccc2O1. The van der Waals surface area contributed by atoms with Gasteiger partial charge in [-0.2, -0.15) is 0 Å². The summed E-state index contributed by atoms with van der Waals surface area (Å²) in [7, 11) is -4.10. The fourth-order valence-corrected chi connectivity index (χ4v) is 4.64. The third kappa shape index (κ3) is 4.83. The Morgan fingerprint density at radius 1 is 0.969 bits per heavy atom. The van der Waals surface area contributed by atoms with Crippen molar-refractivity contribution in [2.45, 2.75) is 11.0 Å². The van der Waals surface area contributed by atoms with Crippen LogP contribution in [0.1, 0.15) is 0 Å². The second kappa shape index (κ2) is 9.27. The molecule has 1 amide bonds. The second-order valence-electron chi connectivity index (χ2n) is 7.10. The van der Waals surface area contributed by atoms with Crippen LogP contribution in [0.3, 0.4) is 0 Å². The molecule has 3 aromatic rings. The Morgan fingerprint density at radius 2 is 1.62 bits per heavy atom. The van der Waals surface area contributed by atoms with Crippen molar-refractivity contribution < 1.29 is 27.1 Å². The van der Waals surface area contributed by atoms with Crippen LogP contribution in [0, 0.1) is 5.82 Å². The number of carbonyl (C=O) groups is 1. The average molecular weight is 456 g/mol. The molecule has 0 aliphatic carbocycles. The Balaban J connectivity index is 1.47. The van der Waals surface area contributed by atoms with Gasteiger partial charge in [0.25, 0.3) is 10.0 Å². The summed E-state index contributed by atoms with van der Waals surface area (Å²) in [5, 5.41) is 2.71. The second-order valence-corrected chi connectivity index (χ2v) is 8.97. The molecule has 0 spiro atoms. The predicted octanol–water partition coefficient (Wildman–Crippen LogP) is 2.98. The normalized spacial score (nSPS) is 15.1. The van der Waals surface area contributed by atoms with Gasteiger partial charge in [0.2, 0.25) is 5.91 Å². The van der Waals surface area contributed by atoms with Crippen LogP contribution in [-0.2, 0) is 14.8 Å². The molecule has 0 unspecified atom stereocenters.